The lowest BCUT2D eigenvalue weighted by Crippen LogP contribution is -2.36. The third kappa shape index (κ3) is 5.94. The van der Waals surface area contributed by atoms with Crippen LogP contribution in [0.5, 0.6) is 17.5 Å². The Morgan fingerprint density at radius 3 is 2.43 bits per heavy atom. The number of hydrogen-bond acceptors (Lipinski definition) is 8. The third-order valence-electron chi connectivity index (χ3n) is 3.23. The molecule has 0 aliphatic heterocycles. The van der Waals surface area contributed by atoms with E-state index in [0.717, 1.165) is 4.31 Å². The molecule has 1 aromatic carbocycles. The van der Waals surface area contributed by atoms with E-state index in [1.54, 1.807) is 6.07 Å². The molecule has 1 atom stereocenters. The van der Waals surface area contributed by atoms with E-state index in [9.17, 15) is 17.5 Å². The molecule has 1 aromatic heterocycles. The highest BCUT2D eigenvalue weighted by Gasteiger charge is 2.17. The van der Waals surface area contributed by atoms with Crippen molar-refractivity contribution in [3.05, 3.63) is 35.9 Å². The minimum absolute atomic E-state index is 0.0752. The molecular formula is C15H15F2N4O5S2-. The van der Waals surface area contributed by atoms with Gasteiger partial charge in [-0.2, -0.15) is 18.7 Å². The number of halogens is 2. The van der Waals surface area contributed by atoms with E-state index in [2.05, 4.69) is 20.0 Å². The zero-order chi connectivity index (χ0) is 20.7. The Kier molecular flexibility index (Phi) is 7.78. The number of alkyl halides is 2. The molecule has 28 heavy (non-hydrogen) atoms. The van der Waals surface area contributed by atoms with Gasteiger partial charge in [0, 0.05) is 16.8 Å². The van der Waals surface area contributed by atoms with Crippen LogP contribution in [-0.2, 0) is 17.8 Å². The van der Waals surface area contributed by atoms with Crippen LogP contribution in [0, 0.1) is 0 Å². The summed E-state index contributed by atoms with van der Waals surface area (Å²) in [5.74, 6) is 0.0639. The molecule has 0 fully saturated rings. The Hall–Kier alpha value is -2.64. The molecule has 1 unspecified atom stereocenters. The molecule has 0 radical (unpaired) electrons. The van der Waals surface area contributed by atoms with Gasteiger partial charge in [0.05, 0.1) is 26.8 Å². The SMILES string of the molecule is COc1cc(OC)nc(NC(=S)N(Cc2ccccc2OC(F)F)S(=O)[O-])n1. The van der Waals surface area contributed by atoms with Crippen LogP contribution >= 0.6 is 12.2 Å². The second-order valence-electron chi connectivity index (χ2n) is 4.95. The standard InChI is InChI=1S/C15H16F2N4O5S2/c1-24-11-7-12(25-2)19-14(18-11)20-15(27)21(28(22)23)8-9-5-3-4-6-10(9)26-13(16)17/h3-7,13H,8H2,1-2H3,(H,22,23)(H,18,19,20,27)/p-1. The topological polar surface area (TPSA) is 109 Å². The van der Waals surface area contributed by atoms with E-state index in [1.165, 1.54) is 38.5 Å². The molecule has 0 amide bonds. The molecule has 9 nitrogen and oxygen atoms in total. The molecule has 13 heteroatoms. The van der Waals surface area contributed by atoms with Gasteiger partial charge >= 0.3 is 6.61 Å². The van der Waals surface area contributed by atoms with Crippen molar-refractivity contribution >= 4 is 34.5 Å². The largest absolute Gasteiger partial charge is 0.755 e. The Morgan fingerprint density at radius 2 is 1.89 bits per heavy atom. The zero-order valence-corrected chi connectivity index (χ0v) is 16.3. The second-order valence-corrected chi connectivity index (χ2v) is 6.21. The van der Waals surface area contributed by atoms with E-state index >= 15 is 0 Å². The number of benzene rings is 1. The first-order valence-corrected chi connectivity index (χ1v) is 8.95. The maximum absolute atomic E-state index is 12.5. The minimum Gasteiger partial charge on any atom is -0.755 e. The number of para-hydroxylation sites is 1. The fraction of sp³-hybridized carbons (Fsp3) is 0.267. The first-order chi connectivity index (χ1) is 13.3. The number of aromatic nitrogens is 2. The quantitative estimate of drug-likeness (QED) is 0.494. The van der Waals surface area contributed by atoms with Gasteiger partial charge in [-0.3, -0.25) is 8.51 Å². The van der Waals surface area contributed by atoms with Crippen molar-refractivity contribution in [1.29, 1.82) is 0 Å². The maximum Gasteiger partial charge on any atom is 0.387 e. The highest BCUT2D eigenvalue weighted by atomic mass is 32.2. The van der Waals surface area contributed by atoms with Gasteiger partial charge in [-0.05, 0) is 18.3 Å². The van der Waals surface area contributed by atoms with E-state index in [-0.39, 0.29) is 40.7 Å². The molecule has 1 heterocycles. The van der Waals surface area contributed by atoms with E-state index in [1.807, 2.05) is 0 Å². The Morgan fingerprint density at radius 1 is 1.29 bits per heavy atom. The van der Waals surface area contributed by atoms with Gasteiger partial charge in [0.2, 0.25) is 17.7 Å². The number of nitrogens with zero attached hydrogens (tertiary/aromatic N) is 3. The number of hydrogen-bond donors (Lipinski definition) is 1. The lowest BCUT2D eigenvalue weighted by molar-refractivity contribution is -0.0505. The minimum atomic E-state index is -3.06. The third-order valence-corrected chi connectivity index (χ3v) is 4.33. The van der Waals surface area contributed by atoms with Gasteiger partial charge in [-0.15, -0.1) is 0 Å². The lowest BCUT2D eigenvalue weighted by Gasteiger charge is -2.27. The monoisotopic (exact) mass is 433 g/mol. The summed E-state index contributed by atoms with van der Waals surface area (Å²) in [6.45, 7) is -3.42. The molecular weight excluding hydrogens is 418 g/mol. The summed E-state index contributed by atoms with van der Waals surface area (Å²) in [6, 6.07) is 7.17. The number of methoxy groups -OCH3 is 2. The van der Waals surface area contributed by atoms with Crippen molar-refractivity contribution in [2.45, 2.75) is 13.2 Å². The van der Waals surface area contributed by atoms with Crippen molar-refractivity contribution in [3.63, 3.8) is 0 Å². The highest BCUT2D eigenvalue weighted by molar-refractivity contribution is 7.83. The van der Waals surface area contributed by atoms with Gasteiger partial charge in [0.15, 0.2) is 5.11 Å². The van der Waals surface area contributed by atoms with Gasteiger partial charge in [-0.25, -0.2) is 0 Å². The molecule has 152 valence electrons. The summed E-state index contributed by atoms with van der Waals surface area (Å²) in [5.41, 5.74) is 0.181. The zero-order valence-electron chi connectivity index (χ0n) is 14.6. The molecule has 2 aromatic rings. The normalized spacial score (nSPS) is 11.6. The van der Waals surface area contributed by atoms with E-state index in [0.29, 0.717) is 0 Å². The van der Waals surface area contributed by atoms with Crippen molar-refractivity contribution in [1.82, 2.24) is 14.3 Å². The fourth-order valence-electron chi connectivity index (χ4n) is 2.02. The first-order valence-electron chi connectivity index (χ1n) is 7.51. The van der Waals surface area contributed by atoms with Crippen LogP contribution in [0.2, 0.25) is 0 Å². The average molecular weight is 433 g/mol. The summed E-state index contributed by atoms with van der Waals surface area (Å²) < 4.78 is 63.5. The van der Waals surface area contributed by atoms with Crippen LogP contribution in [0.25, 0.3) is 0 Å². The van der Waals surface area contributed by atoms with Gasteiger partial charge in [0.1, 0.15) is 5.75 Å². The van der Waals surface area contributed by atoms with Gasteiger partial charge in [-0.1, -0.05) is 18.2 Å². The Labute approximate surface area is 167 Å². The number of thiocarbonyl (C=S) groups is 1. The van der Waals surface area contributed by atoms with Crippen LogP contribution in [-0.4, -0.2) is 49.0 Å². The summed E-state index contributed by atoms with van der Waals surface area (Å²) in [5, 5.41) is 2.25. The van der Waals surface area contributed by atoms with Crippen LogP contribution in [0.4, 0.5) is 14.7 Å². The van der Waals surface area contributed by atoms with Crippen molar-refractivity contribution in [2.75, 3.05) is 19.5 Å². The van der Waals surface area contributed by atoms with Crippen LogP contribution < -0.4 is 19.5 Å². The molecule has 0 saturated carbocycles. The lowest BCUT2D eigenvalue weighted by atomic mass is 10.2. The van der Waals surface area contributed by atoms with Gasteiger partial charge < -0.3 is 24.1 Å². The average Bonchev–Trinajstić information content (AvgIpc) is 2.65. The van der Waals surface area contributed by atoms with Gasteiger partial charge in [0.25, 0.3) is 0 Å². The number of rotatable bonds is 8. The molecule has 0 aliphatic carbocycles. The summed E-state index contributed by atoms with van der Waals surface area (Å²) in [6.07, 6.45) is 0. The summed E-state index contributed by atoms with van der Waals surface area (Å²) >= 11 is 2.27. The Balaban J connectivity index is 2.23. The van der Waals surface area contributed by atoms with Crippen molar-refractivity contribution in [3.8, 4) is 17.5 Å². The van der Waals surface area contributed by atoms with Crippen LogP contribution in [0.1, 0.15) is 5.56 Å². The van der Waals surface area contributed by atoms with E-state index < -0.39 is 17.9 Å². The summed E-state index contributed by atoms with van der Waals surface area (Å²) in [7, 11) is 2.76. The molecule has 2 rings (SSSR count). The number of ether oxygens (including phenoxy) is 3. The second kappa shape index (κ2) is 10.1. The molecule has 0 spiro atoms. The smallest absolute Gasteiger partial charge is 0.387 e. The van der Waals surface area contributed by atoms with Crippen LogP contribution in [0.15, 0.2) is 30.3 Å². The number of nitrogens with one attached hydrogen (secondary N) is 1. The maximum atomic E-state index is 12.5. The Bertz CT molecular complexity index is 837. The summed E-state index contributed by atoms with van der Waals surface area (Å²) in [4.78, 5) is 7.96. The van der Waals surface area contributed by atoms with Crippen LogP contribution in [0.3, 0.4) is 0 Å². The molecule has 0 aliphatic rings. The van der Waals surface area contributed by atoms with Crippen molar-refractivity contribution in [2.24, 2.45) is 0 Å². The predicted molar refractivity (Wildman–Crippen MR) is 98.9 cm³/mol. The van der Waals surface area contributed by atoms with E-state index in [4.69, 9.17) is 21.7 Å². The number of anilines is 1. The highest BCUT2D eigenvalue weighted by Crippen LogP contribution is 2.23. The molecule has 0 bridgehead atoms. The fourth-order valence-corrected chi connectivity index (χ4v) is 2.78. The first kappa shape index (κ1) is 21.7. The van der Waals surface area contributed by atoms with Crippen molar-refractivity contribution < 1.29 is 31.8 Å². The molecule has 0 saturated heterocycles. The molecule has 1 N–H and O–H groups in total. The predicted octanol–water partition coefficient (Wildman–Crippen LogP) is 2.09.